The Morgan fingerprint density at radius 3 is 2.79 bits per heavy atom. The quantitative estimate of drug-likeness (QED) is 0.649. The van der Waals surface area contributed by atoms with Crippen LogP contribution in [0, 0.1) is 0 Å². The SMILES string of the molecule is NC1(CCNCC2CCCO2)CCC1. The fraction of sp³-hybridized carbons (Fsp3) is 1.00. The van der Waals surface area contributed by atoms with E-state index in [0.717, 1.165) is 26.1 Å². The summed E-state index contributed by atoms with van der Waals surface area (Å²) in [5.74, 6) is 0. The molecule has 1 heterocycles. The van der Waals surface area contributed by atoms with Crippen LogP contribution in [-0.4, -0.2) is 31.3 Å². The molecule has 0 radical (unpaired) electrons. The van der Waals surface area contributed by atoms with Crippen LogP contribution in [0.1, 0.15) is 38.5 Å². The average molecular weight is 198 g/mol. The van der Waals surface area contributed by atoms with Gasteiger partial charge in [0.15, 0.2) is 0 Å². The summed E-state index contributed by atoms with van der Waals surface area (Å²) in [5, 5.41) is 3.45. The molecule has 0 aromatic rings. The topological polar surface area (TPSA) is 47.3 Å². The van der Waals surface area contributed by atoms with E-state index in [4.69, 9.17) is 10.5 Å². The fourth-order valence-corrected chi connectivity index (χ4v) is 2.29. The second kappa shape index (κ2) is 4.60. The molecule has 2 aliphatic rings. The Kier molecular flexibility index (Phi) is 3.42. The van der Waals surface area contributed by atoms with Crippen LogP contribution < -0.4 is 11.1 Å². The molecule has 14 heavy (non-hydrogen) atoms. The van der Waals surface area contributed by atoms with Gasteiger partial charge in [-0.3, -0.25) is 0 Å². The van der Waals surface area contributed by atoms with Gasteiger partial charge in [0.2, 0.25) is 0 Å². The molecule has 1 aliphatic heterocycles. The Labute approximate surface area is 86.4 Å². The van der Waals surface area contributed by atoms with E-state index < -0.39 is 0 Å². The lowest BCUT2D eigenvalue weighted by molar-refractivity contribution is 0.109. The zero-order valence-corrected chi connectivity index (χ0v) is 8.93. The second-order valence-corrected chi connectivity index (χ2v) is 4.81. The van der Waals surface area contributed by atoms with Gasteiger partial charge in [-0.15, -0.1) is 0 Å². The van der Waals surface area contributed by atoms with Crippen LogP contribution in [0.4, 0.5) is 0 Å². The van der Waals surface area contributed by atoms with Crippen molar-refractivity contribution in [2.24, 2.45) is 5.73 Å². The molecule has 82 valence electrons. The minimum atomic E-state index is 0.170. The molecule has 0 bridgehead atoms. The average Bonchev–Trinajstić information content (AvgIpc) is 2.62. The fourth-order valence-electron chi connectivity index (χ4n) is 2.29. The van der Waals surface area contributed by atoms with Crippen molar-refractivity contribution in [1.82, 2.24) is 5.32 Å². The lowest BCUT2D eigenvalue weighted by Crippen LogP contribution is -2.48. The third kappa shape index (κ3) is 2.69. The van der Waals surface area contributed by atoms with Gasteiger partial charge in [-0.25, -0.2) is 0 Å². The van der Waals surface area contributed by atoms with Gasteiger partial charge in [0.25, 0.3) is 0 Å². The van der Waals surface area contributed by atoms with E-state index in [1.165, 1.54) is 32.1 Å². The molecular formula is C11H22N2O. The number of hydrogen-bond donors (Lipinski definition) is 2. The molecule has 3 N–H and O–H groups in total. The summed E-state index contributed by atoms with van der Waals surface area (Å²) in [6, 6.07) is 0. The van der Waals surface area contributed by atoms with Crippen molar-refractivity contribution in [3.05, 3.63) is 0 Å². The minimum absolute atomic E-state index is 0.170. The highest BCUT2D eigenvalue weighted by molar-refractivity contribution is 4.92. The van der Waals surface area contributed by atoms with Crippen LogP contribution in [0.15, 0.2) is 0 Å². The Bertz CT molecular complexity index is 174. The van der Waals surface area contributed by atoms with Gasteiger partial charge in [0.1, 0.15) is 0 Å². The second-order valence-electron chi connectivity index (χ2n) is 4.81. The number of nitrogens with one attached hydrogen (secondary N) is 1. The van der Waals surface area contributed by atoms with E-state index in [0.29, 0.717) is 6.10 Å². The van der Waals surface area contributed by atoms with E-state index in [9.17, 15) is 0 Å². The van der Waals surface area contributed by atoms with Gasteiger partial charge in [-0.1, -0.05) is 0 Å². The van der Waals surface area contributed by atoms with Crippen molar-refractivity contribution in [1.29, 1.82) is 0 Å². The standard InChI is InChI=1S/C11H22N2O/c12-11(4-2-5-11)6-7-13-9-10-3-1-8-14-10/h10,13H,1-9,12H2. The van der Waals surface area contributed by atoms with Gasteiger partial charge >= 0.3 is 0 Å². The first-order valence-electron chi connectivity index (χ1n) is 5.90. The maximum Gasteiger partial charge on any atom is 0.0700 e. The third-order valence-corrected chi connectivity index (χ3v) is 3.55. The molecule has 1 atom stereocenters. The molecular weight excluding hydrogens is 176 g/mol. The van der Waals surface area contributed by atoms with Gasteiger partial charge < -0.3 is 15.8 Å². The van der Waals surface area contributed by atoms with Crippen LogP contribution in [0.3, 0.4) is 0 Å². The van der Waals surface area contributed by atoms with Crippen molar-refractivity contribution in [3.63, 3.8) is 0 Å². The molecule has 1 unspecified atom stereocenters. The predicted molar refractivity (Wildman–Crippen MR) is 57.2 cm³/mol. The van der Waals surface area contributed by atoms with Crippen LogP contribution in [0.25, 0.3) is 0 Å². The lowest BCUT2D eigenvalue weighted by atomic mass is 9.75. The van der Waals surface area contributed by atoms with E-state index in [1.54, 1.807) is 0 Å². The first-order valence-corrected chi connectivity index (χ1v) is 5.90. The maximum atomic E-state index is 6.13. The van der Waals surface area contributed by atoms with Crippen LogP contribution in [0.5, 0.6) is 0 Å². The number of hydrogen-bond acceptors (Lipinski definition) is 3. The summed E-state index contributed by atoms with van der Waals surface area (Å²) in [7, 11) is 0. The predicted octanol–water partition coefficient (Wildman–Crippen LogP) is 1.03. The lowest BCUT2D eigenvalue weighted by Gasteiger charge is -2.38. The smallest absolute Gasteiger partial charge is 0.0700 e. The molecule has 2 fully saturated rings. The van der Waals surface area contributed by atoms with E-state index in [1.807, 2.05) is 0 Å². The molecule has 3 heteroatoms. The Hall–Kier alpha value is -0.120. The van der Waals surface area contributed by atoms with Crippen molar-refractivity contribution in [3.8, 4) is 0 Å². The van der Waals surface area contributed by atoms with Crippen LogP contribution >= 0.6 is 0 Å². The van der Waals surface area contributed by atoms with Crippen molar-refractivity contribution < 1.29 is 4.74 Å². The first-order chi connectivity index (χ1) is 6.79. The summed E-state index contributed by atoms with van der Waals surface area (Å²) in [6.45, 7) is 3.01. The molecule has 1 aliphatic carbocycles. The molecule has 1 saturated heterocycles. The van der Waals surface area contributed by atoms with Crippen molar-refractivity contribution >= 4 is 0 Å². The molecule has 0 aromatic heterocycles. The van der Waals surface area contributed by atoms with Crippen LogP contribution in [-0.2, 0) is 4.74 Å². The zero-order valence-electron chi connectivity index (χ0n) is 8.93. The third-order valence-electron chi connectivity index (χ3n) is 3.55. The van der Waals surface area contributed by atoms with Crippen LogP contribution in [0.2, 0.25) is 0 Å². The summed E-state index contributed by atoms with van der Waals surface area (Å²) in [5.41, 5.74) is 6.30. The Morgan fingerprint density at radius 2 is 2.21 bits per heavy atom. The van der Waals surface area contributed by atoms with E-state index in [-0.39, 0.29) is 5.54 Å². The Balaban J connectivity index is 1.50. The number of rotatable bonds is 5. The van der Waals surface area contributed by atoms with Gasteiger partial charge in [0, 0.05) is 18.7 Å². The van der Waals surface area contributed by atoms with Gasteiger partial charge in [-0.05, 0) is 45.1 Å². The summed E-state index contributed by atoms with van der Waals surface area (Å²) < 4.78 is 5.53. The van der Waals surface area contributed by atoms with E-state index >= 15 is 0 Å². The Morgan fingerprint density at radius 1 is 1.36 bits per heavy atom. The molecule has 3 nitrogen and oxygen atoms in total. The molecule has 0 amide bonds. The molecule has 0 spiro atoms. The van der Waals surface area contributed by atoms with Crippen molar-refractivity contribution in [2.75, 3.05) is 19.7 Å². The highest BCUT2D eigenvalue weighted by Gasteiger charge is 2.31. The maximum absolute atomic E-state index is 6.13. The van der Waals surface area contributed by atoms with Gasteiger partial charge in [0.05, 0.1) is 6.10 Å². The highest BCUT2D eigenvalue weighted by Crippen LogP contribution is 2.31. The number of ether oxygens (including phenoxy) is 1. The number of nitrogens with two attached hydrogens (primary N) is 1. The monoisotopic (exact) mass is 198 g/mol. The summed E-state index contributed by atoms with van der Waals surface area (Å²) >= 11 is 0. The largest absolute Gasteiger partial charge is 0.377 e. The normalized spacial score (nSPS) is 30.2. The highest BCUT2D eigenvalue weighted by atomic mass is 16.5. The van der Waals surface area contributed by atoms with E-state index in [2.05, 4.69) is 5.32 Å². The zero-order chi connectivity index (χ0) is 9.86. The first kappa shape index (κ1) is 10.4. The summed E-state index contributed by atoms with van der Waals surface area (Å²) in [6.07, 6.45) is 7.80. The van der Waals surface area contributed by atoms with Gasteiger partial charge in [-0.2, -0.15) is 0 Å². The molecule has 2 rings (SSSR count). The molecule has 0 aromatic carbocycles. The summed E-state index contributed by atoms with van der Waals surface area (Å²) in [4.78, 5) is 0. The minimum Gasteiger partial charge on any atom is -0.377 e. The molecule has 1 saturated carbocycles. The van der Waals surface area contributed by atoms with Crippen molar-refractivity contribution in [2.45, 2.75) is 50.2 Å².